The van der Waals surface area contributed by atoms with Crippen molar-refractivity contribution < 1.29 is 0 Å². The average molecular weight is 244 g/mol. The van der Waals surface area contributed by atoms with Crippen LogP contribution in [0.1, 0.15) is 38.3 Å². The smallest absolute Gasteiger partial charge is 0.165 e. The predicted molar refractivity (Wildman–Crippen MR) is 73.2 cm³/mol. The van der Waals surface area contributed by atoms with Gasteiger partial charge in [0.05, 0.1) is 5.69 Å². The van der Waals surface area contributed by atoms with Crippen LogP contribution >= 0.6 is 0 Å². The fraction of sp³-hybridized carbons (Fsp3) is 0.571. The fourth-order valence-electron chi connectivity index (χ4n) is 2.58. The zero-order valence-electron chi connectivity index (χ0n) is 10.9. The quantitative estimate of drug-likeness (QED) is 0.887. The molecule has 0 bridgehead atoms. The Kier molecular flexibility index (Phi) is 4.03. The van der Waals surface area contributed by atoms with E-state index in [0.29, 0.717) is 11.4 Å². The summed E-state index contributed by atoms with van der Waals surface area (Å²) in [6, 6.07) is 5.73. The number of nitrogens with zero attached hydrogens (tertiary/aromatic N) is 3. The van der Waals surface area contributed by atoms with E-state index in [-0.39, 0.29) is 0 Å². The fourth-order valence-corrected chi connectivity index (χ4v) is 2.58. The Morgan fingerprint density at radius 2 is 2.17 bits per heavy atom. The number of hydrogen-bond donors (Lipinski definition) is 1. The van der Waals surface area contributed by atoms with E-state index < -0.39 is 0 Å². The highest BCUT2D eigenvalue weighted by Crippen LogP contribution is 2.25. The van der Waals surface area contributed by atoms with Gasteiger partial charge in [0.15, 0.2) is 5.69 Å². The molecule has 0 spiro atoms. The van der Waals surface area contributed by atoms with Gasteiger partial charge in [-0.15, -0.1) is 0 Å². The number of hydrogen-bond acceptors (Lipinski definition) is 4. The molecule has 0 radical (unpaired) electrons. The summed E-state index contributed by atoms with van der Waals surface area (Å²) in [6.07, 6.45) is 5.04. The Hall–Kier alpha value is -1.76. The first kappa shape index (κ1) is 12.7. The highest BCUT2D eigenvalue weighted by Gasteiger charge is 2.19. The molecule has 1 saturated heterocycles. The topological polar surface area (TPSA) is 65.9 Å². The SMILES string of the molecule is CCCC1CCN(c2ccc(N)c(C#N)n2)CC1. The van der Waals surface area contributed by atoms with Gasteiger partial charge in [-0.2, -0.15) is 5.26 Å². The van der Waals surface area contributed by atoms with Crippen LogP contribution < -0.4 is 10.6 Å². The number of nitrogens with two attached hydrogens (primary N) is 1. The minimum absolute atomic E-state index is 0.336. The maximum Gasteiger partial charge on any atom is 0.165 e. The van der Waals surface area contributed by atoms with Gasteiger partial charge in [0, 0.05) is 13.1 Å². The monoisotopic (exact) mass is 244 g/mol. The van der Waals surface area contributed by atoms with Crippen molar-refractivity contribution in [1.29, 1.82) is 5.26 Å². The Balaban J connectivity index is 2.04. The average Bonchev–Trinajstić information content (AvgIpc) is 2.41. The van der Waals surface area contributed by atoms with Crippen LogP contribution in [0.4, 0.5) is 11.5 Å². The molecule has 1 aliphatic heterocycles. The lowest BCUT2D eigenvalue weighted by atomic mass is 9.92. The van der Waals surface area contributed by atoms with Crippen LogP contribution in [0.3, 0.4) is 0 Å². The lowest BCUT2D eigenvalue weighted by Crippen LogP contribution is -2.34. The van der Waals surface area contributed by atoms with Gasteiger partial charge in [0.1, 0.15) is 11.9 Å². The van der Waals surface area contributed by atoms with E-state index in [1.54, 1.807) is 6.07 Å². The van der Waals surface area contributed by atoms with Gasteiger partial charge in [-0.1, -0.05) is 19.8 Å². The number of aromatic nitrogens is 1. The molecule has 0 aromatic carbocycles. The van der Waals surface area contributed by atoms with Crippen LogP contribution in [0.15, 0.2) is 12.1 Å². The van der Waals surface area contributed by atoms with E-state index in [1.807, 2.05) is 12.1 Å². The van der Waals surface area contributed by atoms with Crippen LogP contribution in [0.2, 0.25) is 0 Å². The number of rotatable bonds is 3. The molecule has 1 aromatic rings. The van der Waals surface area contributed by atoms with Gasteiger partial charge >= 0.3 is 0 Å². The van der Waals surface area contributed by atoms with Gasteiger partial charge in [-0.05, 0) is 30.9 Å². The van der Waals surface area contributed by atoms with Crippen molar-refractivity contribution in [3.05, 3.63) is 17.8 Å². The van der Waals surface area contributed by atoms with Gasteiger partial charge in [-0.25, -0.2) is 4.98 Å². The summed E-state index contributed by atoms with van der Waals surface area (Å²) >= 11 is 0. The molecule has 96 valence electrons. The third-order valence-corrected chi connectivity index (χ3v) is 3.65. The molecule has 2 N–H and O–H groups in total. The zero-order valence-corrected chi connectivity index (χ0v) is 10.9. The second kappa shape index (κ2) is 5.72. The summed E-state index contributed by atoms with van der Waals surface area (Å²) in [6.45, 7) is 4.31. The van der Waals surface area contributed by atoms with Crippen LogP contribution in [0.25, 0.3) is 0 Å². The lowest BCUT2D eigenvalue weighted by molar-refractivity contribution is 0.377. The Morgan fingerprint density at radius 1 is 1.44 bits per heavy atom. The second-order valence-electron chi connectivity index (χ2n) is 4.94. The van der Waals surface area contributed by atoms with E-state index in [9.17, 15) is 0 Å². The first-order valence-corrected chi connectivity index (χ1v) is 6.66. The van der Waals surface area contributed by atoms with Crippen LogP contribution in [0.5, 0.6) is 0 Å². The zero-order chi connectivity index (χ0) is 13.0. The van der Waals surface area contributed by atoms with Crippen LogP contribution in [-0.4, -0.2) is 18.1 Å². The molecule has 1 aromatic heterocycles. The van der Waals surface area contributed by atoms with Gasteiger partial charge in [0.2, 0.25) is 0 Å². The molecule has 1 aliphatic rings. The van der Waals surface area contributed by atoms with Gasteiger partial charge in [-0.3, -0.25) is 0 Å². The molecule has 0 aliphatic carbocycles. The Bertz CT molecular complexity index is 442. The van der Waals surface area contributed by atoms with Crippen molar-refractivity contribution in [2.45, 2.75) is 32.6 Å². The van der Waals surface area contributed by atoms with Crippen molar-refractivity contribution in [2.24, 2.45) is 5.92 Å². The summed E-state index contributed by atoms with van der Waals surface area (Å²) in [5, 5.41) is 8.94. The highest BCUT2D eigenvalue weighted by atomic mass is 15.2. The first-order valence-electron chi connectivity index (χ1n) is 6.66. The standard InChI is InChI=1S/C14H20N4/c1-2-3-11-6-8-18(9-7-11)14-5-4-12(16)13(10-15)17-14/h4-5,11H,2-3,6-9,16H2,1H3. The van der Waals surface area contributed by atoms with E-state index >= 15 is 0 Å². The molecular weight excluding hydrogens is 224 g/mol. The minimum Gasteiger partial charge on any atom is -0.396 e. The van der Waals surface area contributed by atoms with Crippen molar-refractivity contribution in [1.82, 2.24) is 4.98 Å². The molecule has 4 heteroatoms. The van der Waals surface area contributed by atoms with Crippen molar-refractivity contribution in [2.75, 3.05) is 23.7 Å². The second-order valence-corrected chi connectivity index (χ2v) is 4.94. The summed E-state index contributed by atoms with van der Waals surface area (Å²) in [4.78, 5) is 6.58. The van der Waals surface area contributed by atoms with Crippen LogP contribution in [0, 0.1) is 17.2 Å². The van der Waals surface area contributed by atoms with E-state index in [2.05, 4.69) is 16.8 Å². The molecule has 1 fully saturated rings. The van der Waals surface area contributed by atoms with Crippen molar-refractivity contribution in [3.63, 3.8) is 0 Å². The van der Waals surface area contributed by atoms with Gasteiger partial charge in [0.25, 0.3) is 0 Å². The maximum absolute atomic E-state index is 8.94. The molecule has 0 unspecified atom stereocenters. The molecular formula is C14H20N4. The number of anilines is 2. The van der Waals surface area contributed by atoms with Crippen LogP contribution in [-0.2, 0) is 0 Å². The van der Waals surface area contributed by atoms with E-state index in [0.717, 1.165) is 24.8 Å². The molecule has 18 heavy (non-hydrogen) atoms. The number of nitriles is 1. The molecule has 0 atom stereocenters. The number of pyridine rings is 1. The van der Waals surface area contributed by atoms with E-state index in [4.69, 9.17) is 11.0 Å². The number of piperidine rings is 1. The van der Waals surface area contributed by atoms with Gasteiger partial charge < -0.3 is 10.6 Å². The Morgan fingerprint density at radius 3 is 2.78 bits per heavy atom. The largest absolute Gasteiger partial charge is 0.396 e. The highest BCUT2D eigenvalue weighted by molar-refractivity contribution is 5.55. The first-order chi connectivity index (χ1) is 8.74. The third kappa shape index (κ3) is 2.73. The predicted octanol–water partition coefficient (Wildman–Crippen LogP) is 2.55. The molecule has 2 heterocycles. The summed E-state index contributed by atoms with van der Waals surface area (Å²) in [7, 11) is 0. The summed E-state index contributed by atoms with van der Waals surface area (Å²) in [5.74, 6) is 1.74. The Labute approximate surface area is 108 Å². The summed E-state index contributed by atoms with van der Waals surface area (Å²) < 4.78 is 0. The number of nitrogen functional groups attached to an aromatic ring is 1. The van der Waals surface area contributed by atoms with Crippen molar-refractivity contribution in [3.8, 4) is 6.07 Å². The summed E-state index contributed by atoms with van der Waals surface area (Å²) in [5.41, 5.74) is 6.48. The van der Waals surface area contributed by atoms with Crippen molar-refractivity contribution >= 4 is 11.5 Å². The normalized spacial score (nSPS) is 16.6. The third-order valence-electron chi connectivity index (χ3n) is 3.65. The lowest BCUT2D eigenvalue weighted by Gasteiger charge is -2.32. The maximum atomic E-state index is 8.94. The molecule has 4 nitrogen and oxygen atoms in total. The van der Waals surface area contributed by atoms with E-state index in [1.165, 1.54) is 25.7 Å². The molecule has 2 rings (SSSR count). The molecule has 0 amide bonds. The minimum atomic E-state index is 0.336. The molecule has 0 saturated carbocycles.